The largest absolute Gasteiger partial charge is 0.409 e. The van der Waals surface area contributed by atoms with Gasteiger partial charge in [0.2, 0.25) is 12.3 Å². The number of allylic oxidation sites excluding steroid dienone is 5. The Morgan fingerprint density at radius 1 is 1.24 bits per heavy atom. The summed E-state index contributed by atoms with van der Waals surface area (Å²) in [5.41, 5.74) is 5.03. The minimum Gasteiger partial charge on any atom is -0.409 e. The summed E-state index contributed by atoms with van der Waals surface area (Å²) >= 11 is 0. The van der Waals surface area contributed by atoms with Crippen molar-refractivity contribution in [2.75, 3.05) is 7.05 Å². The lowest BCUT2D eigenvalue weighted by Gasteiger charge is -2.18. The van der Waals surface area contributed by atoms with E-state index in [0.717, 1.165) is 46.6 Å². The van der Waals surface area contributed by atoms with Gasteiger partial charge in [-0.1, -0.05) is 80.1 Å². The molecule has 1 aliphatic carbocycles. The number of nitrogens with one attached hydrogen (secondary N) is 1. The first-order valence-electron chi connectivity index (χ1n) is 11.6. The predicted molar refractivity (Wildman–Crippen MR) is 135 cm³/mol. The van der Waals surface area contributed by atoms with E-state index in [0.29, 0.717) is 25.7 Å². The van der Waals surface area contributed by atoms with Gasteiger partial charge in [-0.05, 0) is 35.1 Å². The molecule has 2 N–H and O–H groups in total. The van der Waals surface area contributed by atoms with Gasteiger partial charge in [0.15, 0.2) is 5.84 Å². The molecule has 7 heteroatoms. The van der Waals surface area contributed by atoms with Gasteiger partial charge in [-0.2, -0.15) is 0 Å². The Labute approximate surface area is 200 Å². The van der Waals surface area contributed by atoms with Gasteiger partial charge in [-0.25, -0.2) is 4.99 Å². The quantitative estimate of drug-likeness (QED) is 0.195. The van der Waals surface area contributed by atoms with Gasteiger partial charge >= 0.3 is 0 Å². The Balaban J connectivity index is 1.90. The molecule has 1 aliphatic heterocycles. The molecule has 0 saturated carbocycles. The van der Waals surface area contributed by atoms with Crippen molar-refractivity contribution >= 4 is 29.6 Å². The summed E-state index contributed by atoms with van der Waals surface area (Å²) in [5.74, 6) is 0.649. The number of hydrogen-bond donors (Lipinski definition) is 2. The smallest absolute Gasteiger partial charge is 0.231 e. The molecule has 178 valence electrons. The Morgan fingerprint density at radius 3 is 2.65 bits per heavy atom. The zero-order chi connectivity index (χ0) is 24.5. The van der Waals surface area contributed by atoms with E-state index in [1.165, 1.54) is 0 Å². The molecule has 0 saturated heterocycles. The summed E-state index contributed by atoms with van der Waals surface area (Å²) in [6.45, 7) is 4.15. The number of carbonyl (C=O) groups excluding carboxylic acids is 2. The normalized spacial score (nSPS) is 18.9. The third-order valence-electron chi connectivity index (χ3n) is 6.05. The minimum absolute atomic E-state index is 0.0712. The van der Waals surface area contributed by atoms with Crippen LogP contribution in [0.25, 0.3) is 5.57 Å². The van der Waals surface area contributed by atoms with Crippen molar-refractivity contribution in [2.24, 2.45) is 16.1 Å². The average Bonchev–Trinajstić information content (AvgIpc) is 3.15. The van der Waals surface area contributed by atoms with Crippen LogP contribution in [0.15, 0.2) is 76.1 Å². The van der Waals surface area contributed by atoms with E-state index in [4.69, 9.17) is 4.99 Å². The predicted octanol–water partition coefficient (Wildman–Crippen LogP) is 4.61. The molecule has 0 fully saturated rings. The fourth-order valence-electron chi connectivity index (χ4n) is 4.23. The standard InChI is InChI=1S/C27H32N4O3/c1-4-9-24-21(17-26(33)31(3)25(5-2)29-24)16-19-12-14-20(15-13-19)22-10-7-6-8-11-23(22)27(30-34)28-18-32/h6-8,10-15,18,23,34H,4-5,9,16-17H2,1-3H3,(H,28,30,32). The van der Waals surface area contributed by atoms with Crippen LogP contribution in [-0.2, 0) is 16.0 Å². The average molecular weight is 461 g/mol. The molecule has 7 nitrogen and oxygen atoms in total. The van der Waals surface area contributed by atoms with Gasteiger partial charge in [0.25, 0.3) is 0 Å². The maximum Gasteiger partial charge on any atom is 0.231 e. The van der Waals surface area contributed by atoms with E-state index >= 15 is 0 Å². The highest BCUT2D eigenvalue weighted by atomic mass is 16.4. The van der Waals surface area contributed by atoms with Crippen molar-refractivity contribution in [1.82, 2.24) is 10.2 Å². The van der Waals surface area contributed by atoms with Crippen LogP contribution < -0.4 is 5.32 Å². The van der Waals surface area contributed by atoms with Crippen molar-refractivity contribution in [1.29, 1.82) is 0 Å². The number of nitrogens with zero attached hydrogens (tertiary/aromatic N) is 3. The number of oxime groups is 1. The third-order valence-corrected chi connectivity index (χ3v) is 6.05. The van der Waals surface area contributed by atoms with Crippen LogP contribution in [-0.4, -0.2) is 41.1 Å². The van der Waals surface area contributed by atoms with Crippen LogP contribution in [0.1, 0.15) is 50.7 Å². The van der Waals surface area contributed by atoms with Gasteiger partial charge in [-0.3, -0.25) is 9.59 Å². The number of amidine groups is 2. The highest BCUT2D eigenvalue weighted by Gasteiger charge is 2.23. The van der Waals surface area contributed by atoms with Gasteiger partial charge in [0.05, 0.1) is 12.3 Å². The first kappa shape index (κ1) is 24.9. The van der Waals surface area contributed by atoms with Crippen molar-refractivity contribution in [3.63, 3.8) is 0 Å². The summed E-state index contributed by atoms with van der Waals surface area (Å²) in [6, 6.07) is 8.13. The topological polar surface area (TPSA) is 94.4 Å². The molecule has 34 heavy (non-hydrogen) atoms. The molecule has 1 atom stereocenters. The molecule has 1 heterocycles. The van der Waals surface area contributed by atoms with Crippen LogP contribution in [0.3, 0.4) is 0 Å². The minimum atomic E-state index is -0.397. The summed E-state index contributed by atoms with van der Waals surface area (Å²) in [7, 11) is 1.80. The number of carbonyl (C=O) groups is 2. The van der Waals surface area contributed by atoms with Gasteiger partial charge in [0, 0.05) is 19.2 Å². The molecular weight excluding hydrogens is 428 g/mol. The van der Waals surface area contributed by atoms with Crippen molar-refractivity contribution in [2.45, 2.75) is 46.0 Å². The van der Waals surface area contributed by atoms with Gasteiger partial charge < -0.3 is 15.4 Å². The number of hydrogen-bond acceptors (Lipinski definition) is 5. The Hall–Kier alpha value is -3.74. The zero-order valence-corrected chi connectivity index (χ0v) is 20.0. The number of aliphatic imine (C=N–C) groups is 1. The number of amides is 2. The van der Waals surface area contributed by atoms with Gasteiger partial charge in [0.1, 0.15) is 5.84 Å². The highest BCUT2D eigenvalue weighted by Crippen LogP contribution is 2.29. The molecular formula is C27H32N4O3. The SMILES string of the molecule is CCCC1=C(Cc2ccc(C3=CC=CC=CC3/C(=N/O)NC=O)cc2)CC(=O)N(C)C(CC)=N1. The van der Waals surface area contributed by atoms with E-state index in [1.807, 2.05) is 49.4 Å². The van der Waals surface area contributed by atoms with Crippen LogP contribution in [0.4, 0.5) is 0 Å². The molecule has 2 amide bonds. The van der Waals surface area contributed by atoms with Crippen molar-refractivity contribution in [3.8, 4) is 0 Å². The molecule has 0 spiro atoms. The fraction of sp³-hybridized carbons (Fsp3) is 0.333. The summed E-state index contributed by atoms with van der Waals surface area (Å²) < 4.78 is 0. The van der Waals surface area contributed by atoms with Crippen LogP contribution in [0.2, 0.25) is 0 Å². The first-order valence-corrected chi connectivity index (χ1v) is 11.6. The first-order chi connectivity index (χ1) is 16.5. The van der Waals surface area contributed by atoms with Crippen LogP contribution in [0.5, 0.6) is 0 Å². The van der Waals surface area contributed by atoms with Crippen molar-refractivity contribution < 1.29 is 14.8 Å². The second-order valence-electron chi connectivity index (χ2n) is 8.30. The maximum absolute atomic E-state index is 12.7. The molecule has 0 radical (unpaired) electrons. The van der Waals surface area contributed by atoms with E-state index in [9.17, 15) is 14.8 Å². The highest BCUT2D eigenvalue weighted by molar-refractivity contribution is 6.02. The second kappa shape index (κ2) is 11.9. The summed E-state index contributed by atoms with van der Waals surface area (Å²) in [5, 5.41) is 15.2. The lowest BCUT2D eigenvalue weighted by molar-refractivity contribution is -0.125. The maximum atomic E-state index is 12.7. The Morgan fingerprint density at radius 2 is 2.00 bits per heavy atom. The second-order valence-corrected chi connectivity index (χ2v) is 8.30. The van der Waals surface area contributed by atoms with Crippen molar-refractivity contribution in [3.05, 3.63) is 77.0 Å². The molecule has 3 rings (SSSR count). The van der Waals surface area contributed by atoms with Gasteiger partial charge in [-0.15, -0.1) is 0 Å². The molecule has 1 unspecified atom stereocenters. The lowest BCUT2D eigenvalue weighted by Crippen LogP contribution is -2.31. The zero-order valence-electron chi connectivity index (χ0n) is 20.0. The number of rotatable bonds is 8. The van der Waals surface area contributed by atoms with E-state index < -0.39 is 5.92 Å². The number of benzene rings is 1. The Kier molecular flexibility index (Phi) is 8.73. The molecule has 1 aromatic carbocycles. The van der Waals surface area contributed by atoms with E-state index in [2.05, 4.69) is 29.5 Å². The molecule has 1 aromatic rings. The molecule has 2 aliphatic rings. The Bertz CT molecular complexity index is 1090. The summed E-state index contributed by atoms with van der Waals surface area (Å²) in [4.78, 5) is 30.2. The molecule has 0 bridgehead atoms. The van der Waals surface area contributed by atoms with E-state index in [1.54, 1.807) is 11.9 Å². The third kappa shape index (κ3) is 5.78. The fourth-order valence-corrected chi connectivity index (χ4v) is 4.23. The monoisotopic (exact) mass is 460 g/mol. The summed E-state index contributed by atoms with van der Waals surface area (Å²) in [6.07, 6.45) is 13.5. The molecule has 0 aromatic heterocycles. The lowest BCUT2D eigenvalue weighted by atomic mass is 9.89. The van der Waals surface area contributed by atoms with E-state index in [-0.39, 0.29) is 11.7 Å². The van der Waals surface area contributed by atoms with Crippen LogP contribution >= 0.6 is 0 Å². The van der Waals surface area contributed by atoms with Crippen LogP contribution in [0, 0.1) is 5.92 Å².